The van der Waals surface area contributed by atoms with Crippen LogP contribution in [0.3, 0.4) is 0 Å². The van der Waals surface area contributed by atoms with Gasteiger partial charge in [0.05, 0.1) is 6.26 Å². The van der Waals surface area contributed by atoms with Crippen LogP contribution in [-0.2, 0) is 11.2 Å². The van der Waals surface area contributed by atoms with Crippen LogP contribution in [0.4, 0.5) is 0 Å². The molecular weight excluding hydrogens is 417 g/mol. The van der Waals surface area contributed by atoms with E-state index in [0.29, 0.717) is 12.0 Å². The van der Waals surface area contributed by atoms with Crippen molar-refractivity contribution < 1.29 is 9.15 Å². The van der Waals surface area contributed by atoms with Gasteiger partial charge in [-0.05, 0) is 43.7 Å². The highest BCUT2D eigenvalue weighted by molar-refractivity contribution is 14.0. The summed E-state index contributed by atoms with van der Waals surface area (Å²) < 4.78 is 10.8. The maximum absolute atomic E-state index is 5.48. The van der Waals surface area contributed by atoms with Gasteiger partial charge in [-0.3, -0.25) is 4.99 Å². The fourth-order valence-corrected chi connectivity index (χ4v) is 2.45. The third-order valence-corrected chi connectivity index (χ3v) is 4.17. The Morgan fingerprint density at radius 2 is 2.29 bits per heavy atom. The van der Waals surface area contributed by atoms with Gasteiger partial charge in [-0.15, -0.1) is 30.6 Å². The van der Waals surface area contributed by atoms with Gasteiger partial charge in [-0.1, -0.05) is 6.08 Å². The molecule has 1 saturated carbocycles. The number of guanidine groups is 1. The van der Waals surface area contributed by atoms with E-state index in [1.54, 1.807) is 6.26 Å². The number of furan rings is 1. The van der Waals surface area contributed by atoms with Crippen molar-refractivity contribution in [3.63, 3.8) is 0 Å². The molecule has 0 aromatic carbocycles. The molecule has 2 N–H and O–H groups in total. The van der Waals surface area contributed by atoms with E-state index < -0.39 is 0 Å². The Hall–Kier alpha value is -1.02. The predicted octanol–water partition coefficient (Wildman–Crippen LogP) is 3.37. The number of hydrogen-bond donors (Lipinski definition) is 2. The van der Waals surface area contributed by atoms with Gasteiger partial charge in [0.1, 0.15) is 5.76 Å². The van der Waals surface area contributed by atoms with E-state index in [9.17, 15) is 0 Å². The second-order valence-electron chi connectivity index (χ2n) is 6.04. The zero-order valence-electron chi connectivity index (χ0n) is 14.6. The van der Waals surface area contributed by atoms with Crippen LogP contribution < -0.4 is 10.6 Å². The van der Waals surface area contributed by atoms with Crippen molar-refractivity contribution in [1.29, 1.82) is 0 Å². The largest absolute Gasteiger partial charge is 0.469 e. The van der Waals surface area contributed by atoms with Gasteiger partial charge in [0.25, 0.3) is 0 Å². The molecule has 1 aliphatic carbocycles. The molecule has 1 heterocycles. The van der Waals surface area contributed by atoms with Crippen LogP contribution in [0.5, 0.6) is 0 Å². The van der Waals surface area contributed by atoms with Gasteiger partial charge in [0.15, 0.2) is 5.96 Å². The summed E-state index contributed by atoms with van der Waals surface area (Å²) in [6.07, 6.45) is 8.00. The molecule has 0 radical (unpaired) electrons. The highest BCUT2D eigenvalue weighted by Gasteiger charge is 2.41. The Balaban J connectivity index is 0.00000288. The molecule has 136 valence electrons. The molecular formula is C18H30IN3O2. The molecule has 24 heavy (non-hydrogen) atoms. The molecule has 1 aromatic rings. The first kappa shape index (κ1) is 21.0. The number of nitrogens with zero attached hydrogens (tertiary/aromatic N) is 1. The Bertz CT molecular complexity index is 484. The average Bonchev–Trinajstić information content (AvgIpc) is 3.13. The van der Waals surface area contributed by atoms with Crippen LogP contribution in [0, 0.1) is 5.41 Å². The second kappa shape index (κ2) is 11.5. The molecule has 1 aliphatic rings. The average molecular weight is 447 g/mol. The Morgan fingerprint density at radius 3 is 2.92 bits per heavy atom. The quantitative estimate of drug-likeness (QED) is 0.180. The SMILES string of the molecule is C=CCNC(=NCC1(CCOCC)CC1)NCCc1ccco1.I. The lowest BCUT2D eigenvalue weighted by Crippen LogP contribution is -2.39. The number of halogens is 1. The Kier molecular flexibility index (Phi) is 10.1. The molecule has 0 aliphatic heterocycles. The monoisotopic (exact) mass is 447 g/mol. The van der Waals surface area contributed by atoms with Gasteiger partial charge in [0.2, 0.25) is 0 Å². The molecule has 0 unspecified atom stereocenters. The van der Waals surface area contributed by atoms with Crippen LogP contribution in [0.2, 0.25) is 0 Å². The molecule has 0 spiro atoms. The van der Waals surface area contributed by atoms with Crippen molar-refractivity contribution >= 4 is 29.9 Å². The van der Waals surface area contributed by atoms with Crippen molar-refractivity contribution in [3.05, 3.63) is 36.8 Å². The normalized spacial score (nSPS) is 15.5. The topological polar surface area (TPSA) is 58.8 Å². The van der Waals surface area contributed by atoms with Crippen LogP contribution in [0.15, 0.2) is 40.5 Å². The summed E-state index contributed by atoms with van der Waals surface area (Å²) in [4.78, 5) is 4.75. The van der Waals surface area contributed by atoms with E-state index in [1.165, 1.54) is 12.8 Å². The first-order valence-electron chi connectivity index (χ1n) is 8.51. The van der Waals surface area contributed by atoms with Crippen molar-refractivity contribution in [2.24, 2.45) is 10.4 Å². The minimum Gasteiger partial charge on any atom is -0.469 e. The van der Waals surface area contributed by atoms with E-state index in [-0.39, 0.29) is 24.0 Å². The van der Waals surface area contributed by atoms with Gasteiger partial charge < -0.3 is 19.8 Å². The lowest BCUT2D eigenvalue weighted by molar-refractivity contribution is 0.129. The molecule has 6 heteroatoms. The molecule has 0 atom stereocenters. The summed E-state index contributed by atoms with van der Waals surface area (Å²) in [5.74, 6) is 1.83. The second-order valence-corrected chi connectivity index (χ2v) is 6.04. The summed E-state index contributed by atoms with van der Waals surface area (Å²) in [5.41, 5.74) is 0.360. The van der Waals surface area contributed by atoms with Gasteiger partial charge in [-0.2, -0.15) is 0 Å². The third kappa shape index (κ3) is 7.70. The van der Waals surface area contributed by atoms with E-state index in [0.717, 1.165) is 50.9 Å². The Labute approximate surface area is 162 Å². The van der Waals surface area contributed by atoms with Crippen LogP contribution >= 0.6 is 24.0 Å². The summed E-state index contributed by atoms with van der Waals surface area (Å²) in [6, 6.07) is 3.90. The van der Waals surface area contributed by atoms with Crippen molar-refractivity contribution in [2.45, 2.75) is 32.6 Å². The molecule has 0 bridgehead atoms. The lowest BCUT2D eigenvalue weighted by Gasteiger charge is -2.15. The van der Waals surface area contributed by atoms with E-state index in [2.05, 4.69) is 17.2 Å². The fraction of sp³-hybridized carbons (Fsp3) is 0.611. The number of hydrogen-bond acceptors (Lipinski definition) is 3. The van der Waals surface area contributed by atoms with Crippen molar-refractivity contribution in [1.82, 2.24) is 10.6 Å². The first-order chi connectivity index (χ1) is 11.3. The standard InChI is InChI=1S/C18H29N3O2.HI/c1-3-11-19-17(20-12-7-16-6-5-13-23-16)21-15-18(8-9-18)10-14-22-4-2;/h3,5-6,13H,1,4,7-12,14-15H2,2H3,(H2,19,20,21);1H. The van der Waals surface area contributed by atoms with E-state index in [4.69, 9.17) is 14.1 Å². The highest BCUT2D eigenvalue weighted by atomic mass is 127. The maximum atomic E-state index is 5.48. The molecule has 1 fully saturated rings. The van der Waals surface area contributed by atoms with Crippen molar-refractivity contribution in [3.8, 4) is 0 Å². The molecule has 0 amide bonds. The lowest BCUT2D eigenvalue weighted by atomic mass is 10.0. The third-order valence-electron chi connectivity index (χ3n) is 4.17. The van der Waals surface area contributed by atoms with Crippen molar-refractivity contribution in [2.75, 3.05) is 32.8 Å². The van der Waals surface area contributed by atoms with Crippen LogP contribution in [0.25, 0.3) is 0 Å². The molecule has 2 rings (SSSR count). The summed E-state index contributed by atoms with van der Waals surface area (Å²) in [7, 11) is 0. The Morgan fingerprint density at radius 1 is 1.46 bits per heavy atom. The van der Waals surface area contributed by atoms with Gasteiger partial charge >= 0.3 is 0 Å². The first-order valence-corrected chi connectivity index (χ1v) is 8.51. The van der Waals surface area contributed by atoms with Crippen LogP contribution in [-0.4, -0.2) is 38.8 Å². The van der Waals surface area contributed by atoms with Gasteiger partial charge in [-0.25, -0.2) is 0 Å². The minimum absolute atomic E-state index is 0. The fourth-order valence-electron chi connectivity index (χ4n) is 2.45. The predicted molar refractivity (Wildman–Crippen MR) is 109 cm³/mol. The van der Waals surface area contributed by atoms with E-state index in [1.807, 2.05) is 25.1 Å². The number of rotatable bonds is 11. The molecule has 5 nitrogen and oxygen atoms in total. The maximum Gasteiger partial charge on any atom is 0.191 e. The highest BCUT2D eigenvalue weighted by Crippen LogP contribution is 2.48. The van der Waals surface area contributed by atoms with Gasteiger partial charge in [0, 0.05) is 39.3 Å². The number of ether oxygens (including phenoxy) is 1. The van der Waals surface area contributed by atoms with E-state index >= 15 is 0 Å². The molecule has 0 saturated heterocycles. The minimum atomic E-state index is 0. The smallest absolute Gasteiger partial charge is 0.191 e. The summed E-state index contributed by atoms with van der Waals surface area (Å²) in [6.45, 7) is 9.78. The number of aliphatic imine (C=N–C) groups is 1. The summed E-state index contributed by atoms with van der Waals surface area (Å²) in [5, 5.41) is 6.64. The summed E-state index contributed by atoms with van der Waals surface area (Å²) >= 11 is 0. The zero-order chi connectivity index (χ0) is 16.4. The molecule has 1 aromatic heterocycles. The zero-order valence-corrected chi connectivity index (χ0v) is 16.9. The number of nitrogens with one attached hydrogen (secondary N) is 2. The van der Waals surface area contributed by atoms with Crippen LogP contribution in [0.1, 0.15) is 31.9 Å².